The van der Waals surface area contributed by atoms with Crippen molar-refractivity contribution in [3.05, 3.63) is 29.3 Å². The third-order valence-corrected chi connectivity index (χ3v) is 5.71. The van der Waals surface area contributed by atoms with Crippen molar-refractivity contribution < 1.29 is 18.3 Å². The molecule has 1 heterocycles. The summed E-state index contributed by atoms with van der Waals surface area (Å²) in [6, 6.07) is 4.97. The minimum atomic E-state index is -3.55. The highest BCUT2D eigenvalue weighted by atomic mass is 32.2. The van der Waals surface area contributed by atoms with Crippen molar-refractivity contribution in [3.63, 3.8) is 0 Å². The molecule has 2 rings (SSSR count). The second kappa shape index (κ2) is 6.22. The number of sulfonamides is 1. The van der Waals surface area contributed by atoms with Gasteiger partial charge in [-0.05, 0) is 37.0 Å². The number of rotatable bonds is 5. The molecule has 5 nitrogen and oxygen atoms in total. The monoisotopic (exact) mass is 299 g/mol. The van der Waals surface area contributed by atoms with E-state index in [2.05, 4.69) is 0 Å². The maximum Gasteiger partial charge on any atom is 0.243 e. The van der Waals surface area contributed by atoms with Gasteiger partial charge in [-0.2, -0.15) is 4.31 Å². The Hall–Kier alpha value is -0.950. The molecule has 1 saturated heterocycles. The van der Waals surface area contributed by atoms with Gasteiger partial charge in [0.1, 0.15) is 0 Å². The third kappa shape index (κ3) is 3.03. The van der Waals surface area contributed by atoms with Crippen LogP contribution in [-0.4, -0.2) is 44.1 Å². The molecule has 0 aromatic heterocycles. The fourth-order valence-electron chi connectivity index (χ4n) is 2.45. The maximum absolute atomic E-state index is 12.6. The lowest BCUT2D eigenvalue weighted by atomic mass is 10.1. The Kier molecular flexibility index (Phi) is 4.80. The first kappa shape index (κ1) is 15.4. The van der Waals surface area contributed by atoms with Gasteiger partial charge < -0.3 is 9.84 Å². The molecule has 0 saturated carbocycles. The van der Waals surface area contributed by atoms with Crippen molar-refractivity contribution in [2.75, 3.05) is 20.2 Å². The van der Waals surface area contributed by atoms with E-state index in [1.165, 1.54) is 4.31 Å². The molecule has 0 aliphatic carbocycles. The first-order valence-electron chi connectivity index (χ1n) is 6.74. The molecule has 20 heavy (non-hydrogen) atoms. The molecule has 112 valence electrons. The van der Waals surface area contributed by atoms with E-state index in [1.807, 2.05) is 0 Å². The minimum Gasteiger partial charge on any atom is -0.392 e. The van der Waals surface area contributed by atoms with Crippen LogP contribution in [0.5, 0.6) is 0 Å². The number of nitrogens with zero attached hydrogens (tertiary/aromatic N) is 1. The summed E-state index contributed by atoms with van der Waals surface area (Å²) < 4.78 is 32.0. The van der Waals surface area contributed by atoms with Crippen molar-refractivity contribution in [2.24, 2.45) is 0 Å². The highest BCUT2D eigenvalue weighted by Gasteiger charge is 2.27. The average Bonchev–Trinajstić information content (AvgIpc) is 2.91. The van der Waals surface area contributed by atoms with E-state index in [9.17, 15) is 13.5 Å². The molecule has 0 spiro atoms. The van der Waals surface area contributed by atoms with Crippen molar-refractivity contribution in [1.82, 2.24) is 4.31 Å². The van der Waals surface area contributed by atoms with Crippen LogP contribution in [-0.2, 0) is 21.4 Å². The van der Waals surface area contributed by atoms with E-state index < -0.39 is 10.0 Å². The topological polar surface area (TPSA) is 66.8 Å². The zero-order valence-electron chi connectivity index (χ0n) is 11.9. The lowest BCUT2D eigenvalue weighted by molar-refractivity contribution is 0.0979. The maximum atomic E-state index is 12.6. The number of aliphatic hydroxyl groups is 1. The second-order valence-electron chi connectivity index (χ2n) is 5.12. The van der Waals surface area contributed by atoms with Gasteiger partial charge in [0.05, 0.1) is 17.6 Å². The quantitative estimate of drug-likeness (QED) is 0.889. The number of aliphatic hydroxyl groups excluding tert-OH is 1. The summed E-state index contributed by atoms with van der Waals surface area (Å²) >= 11 is 0. The van der Waals surface area contributed by atoms with Gasteiger partial charge in [-0.15, -0.1) is 0 Å². The summed E-state index contributed by atoms with van der Waals surface area (Å²) in [5.74, 6) is 0. The van der Waals surface area contributed by atoms with Crippen LogP contribution in [0.25, 0.3) is 0 Å². The van der Waals surface area contributed by atoms with Crippen LogP contribution in [0.2, 0.25) is 0 Å². The molecular weight excluding hydrogens is 278 g/mol. The van der Waals surface area contributed by atoms with Gasteiger partial charge in [-0.25, -0.2) is 8.42 Å². The van der Waals surface area contributed by atoms with Crippen molar-refractivity contribution >= 4 is 10.0 Å². The number of ether oxygens (including phenoxy) is 1. The van der Waals surface area contributed by atoms with Crippen LogP contribution in [0.4, 0.5) is 0 Å². The summed E-state index contributed by atoms with van der Waals surface area (Å²) in [6.07, 6.45) is 1.86. The summed E-state index contributed by atoms with van der Waals surface area (Å²) in [5, 5.41) is 9.25. The Balaban J connectivity index is 2.25. The van der Waals surface area contributed by atoms with Gasteiger partial charge in [0.2, 0.25) is 10.0 Å². The van der Waals surface area contributed by atoms with E-state index in [-0.39, 0.29) is 17.6 Å². The van der Waals surface area contributed by atoms with Crippen LogP contribution in [0, 0.1) is 6.92 Å². The van der Waals surface area contributed by atoms with Gasteiger partial charge in [0.15, 0.2) is 0 Å². The Morgan fingerprint density at radius 2 is 2.20 bits per heavy atom. The molecule has 1 fully saturated rings. The van der Waals surface area contributed by atoms with Gasteiger partial charge in [0, 0.05) is 20.2 Å². The van der Waals surface area contributed by atoms with Crippen LogP contribution >= 0.6 is 0 Å². The SMILES string of the molecule is Cc1c(CO)cccc1S(=O)(=O)N(C)CC1CCCO1. The molecule has 1 unspecified atom stereocenters. The van der Waals surface area contributed by atoms with Gasteiger partial charge in [-0.1, -0.05) is 12.1 Å². The molecule has 0 bridgehead atoms. The minimum absolute atomic E-state index is 0.0175. The van der Waals surface area contributed by atoms with Gasteiger partial charge in [-0.3, -0.25) is 0 Å². The summed E-state index contributed by atoms with van der Waals surface area (Å²) in [4.78, 5) is 0.254. The van der Waals surface area contributed by atoms with Crippen molar-refractivity contribution in [2.45, 2.75) is 37.4 Å². The molecular formula is C14H21NO4S. The molecule has 1 aromatic carbocycles. The van der Waals surface area contributed by atoms with E-state index in [4.69, 9.17) is 4.74 Å². The van der Waals surface area contributed by atoms with Gasteiger partial charge >= 0.3 is 0 Å². The Morgan fingerprint density at radius 1 is 1.45 bits per heavy atom. The van der Waals surface area contributed by atoms with E-state index >= 15 is 0 Å². The summed E-state index contributed by atoms with van der Waals surface area (Å²) in [6.45, 7) is 2.63. The molecule has 1 atom stereocenters. The first-order chi connectivity index (χ1) is 9.46. The fraction of sp³-hybridized carbons (Fsp3) is 0.571. The molecule has 1 aliphatic heterocycles. The number of hydrogen-bond acceptors (Lipinski definition) is 4. The van der Waals surface area contributed by atoms with Crippen LogP contribution in [0.15, 0.2) is 23.1 Å². The molecule has 6 heteroatoms. The number of likely N-dealkylation sites (N-methyl/N-ethyl adjacent to an activating group) is 1. The van der Waals surface area contributed by atoms with E-state index in [1.54, 1.807) is 32.2 Å². The highest BCUT2D eigenvalue weighted by molar-refractivity contribution is 7.89. The molecule has 1 N–H and O–H groups in total. The molecule has 0 amide bonds. The predicted octanol–water partition coefficient (Wildman–Crippen LogP) is 1.29. The smallest absolute Gasteiger partial charge is 0.243 e. The van der Waals surface area contributed by atoms with Crippen LogP contribution < -0.4 is 0 Å². The molecule has 1 aromatic rings. The highest BCUT2D eigenvalue weighted by Crippen LogP contribution is 2.23. The standard InChI is InChI=1S/C14H21NO4S/c1-11-12(10-16)5-3-7-14(11)20(17,18)15(2)9-13-6-4-8-19-13/h3,5,7,13,16H,4,6,8-10H2,1-2H3. The Morgan fingerprint density at radius 3 is 2.80 bits per heavy atom. The second-order valence-corrected chi connectivity index (χ2v) is 7.13. The number of hydrogen-bond donors (Lipinski definition) is 1. The summed E-state index contributed by atoms with van der Waals surface area (Å²) in [5.41, 5.74) is 1.24. The molecule has 0 radical (unpaired) electrons. The van der Waals surface area contributed by atoms with E-state index in [0.717, 1.165) is 12.8 Å². The third-order valence-electron chi connectivity index (χ3n) is 3.74. The lowest BCUT2D eigenvalue weighted by Crippen LogP contribution is -2.34. The first-order valence-corrected chi connectivity index (χ1v) is 8.18. The Bertz CT molecular complexity index is 565. The van der Waals surface area contributed by atoms with Crippen molar-refractivity contribution in [3.8, 4) is 0 Å². The van der Waals surface area contributed by atoms with Crippen molar-refractivity contribution in [1.29, 1.82) is 0 Å². The predicted molar refractivity (Wildman–Crippen MR) is 75.9 cm³/mol. The number of benzene rings is 1. The normalized spacial score (nSPS) is 19.7. The van der Waals surface area contributed by atoms with Gasteiger partial charge in [0.25, 0.3) is 0 Å². The largest absolute Gasteiger partial charge is 0.392 e. The lowest BCUT2D eigenvalue weighted by Gasteiger charge is -2.22. The fourth-order valence-corrected chi connectivity index (χ4v) is 3.92. The zero-order chi connectivity index (χ0) is 14.8. The zero-order valence-corrected chi connectivity index (χ0v) is 12.7. The van der Waals surface area contributed by atoms with E-state index in [0.29, 0.717) is 24.3 Å². The average molecular weight is 299 g/mol. The Labute approximate surface area is 120 Å². The van der Waals surface area contributed by atoms with Crippen LogP contribution in [0.3, 0.4) is 0 Å². The molecule has 1 aliphatic rings. The van der Waals surface area contributed by atoms with Crippen LogP contribution in [0.1, 0.15) is 24.0 Å². The summed E-state index contributed by atoms with van der Waals surface area (Å²) in [7, 11) is -1.98.